The second-order valence-electron chi connectivity index (χ2n) is 2.25. The fourth-order valence-corrected chi connectivity index (χ4v) is 1.83. The zero-order chi connectivity index (χ0) is 8.97. The molecule has 0 radical (unpaired) electrons. The van der Waals surface area contributed by atoms with Gasteiger partial charge in [-0.3, -0.25) is 0 Å². The molecule has 1 atom stereocenters. The Morgan fingerprint density at radius 2 is 2.33 bits per heavy atom. The molecule has 0 aromatic heterocycles. The SMILES string of the molecule is CCS(=O)Nc1cccc(I)c1. The van der Waals surface area contributed by atoms with Gasteiger partial charge in [-0.25, -0.2) is 4.21 Å². The van der Waals surface area contributed by atoms with Crippen molar-refractivity contribution in [3.8, 4) is 0 Å². The van der Waals surface area contributed by atoms with Gasteiger partial charge in [-0.1, -0.05) is 13.0 Å². The number of nitrogens with one attached hydrogen (secondary N) is 1. The van der Waals surface area contributed by atoms with E-state index in [1.54, 1.807) is 0 Å². The van der Waals surface area contributed by atoms with Crippen LogP contribution >= 0.6 is 22.6 Å². The summed E-state index contributed by atoms with van der Waals surface area (Å²) in [6.45, 7) is 1.89. The van der Waals surface area contributed by atoms with Crippen LogP contribution in [0.25, 0.3) is 0 Å². The van der Waals surface area contributed by atoms with Crippen LogP contribution in [0.4, 0.5) is 5.69 Å². The smallest absolute Gasteiger partial charge is 0.116 e. The van der Waals surface area contributed by atoms with Crippen molar-refractivity contribution in [2.24, 2.45) is 0 Å². The van der Waals surface area contributed by atoms with Gasteiger partial charge in [-0.05, 0) is 40.8 Å². The lowest BCUT2D eigenvalue weighted by Gasteiger charge is -2.03. The Bertz CT molecular complexity index is 290. The molecule has 0 saturated carbocycles. The van der Waals surface area contributed by atoms with E-state index in [4.69, 9.17) is 0 Å². The Balaban J connectivity index is 2.69. The minimum atomic E-state index is -0.940. The van der Waals surface area contributed by atoms with Crippen LogP contribution in [0.3, 0.4) is 0 Å². The highest BCUT2D eigenvalue weighted by atomic mass is 127. The van der Waals surface area contributed by atoms with E-state index in [9.17, 15) is 4.21 Å². The number of hydrogen-bond donors (Lipinski definition) is 1. The van der Waals surface area contributed by atoms with Crippen LogP contribution in [0.1, 0.15) is 6.92 Å². The maximum absolute atomic E-state index is 11.1. The molecule has 0 heterocycles. The minimum Gasteiger partial charge on any atom is -0.305 e. The quantitative estimate of drug-likeness (QED) is 0.852. The van der Waals surface area contributed by atoms with Gasteiger partial charge in [0.2, 0.25) is 0 Å². The van der Waals surface area contributed by atoms with Crippen LogP contribution < -0.4 is 4.72 Å². The molecule has 0 aliphatic rings. The first-order valence-electron chi connectivity index (χ1n) is 3.63. The molecule has 0 saturated heterocycles. The zero-order valence-corrected chi connectivity index (χ0v) is 9.68. The van der Waals surface area contributed by atoms with Gasteiger partial charge in [0.1, 0.15) is 11.0 Å². The Hall–Kier alpha value is -0.100. The Morgan fingerprint density at radius 3 is 2.92 bits per heavy atom. The molecular formula is C8H10INOS. The van der Waals surface area contributed by atoms with Gasteiger partial charge in [0.05, 0.1) is 0 Å². The summed E-state index contributed by atoms with van der Waals surface area (Å²) in [5.41, 5.74) is 0.919. The van der Waals surface area contributed by atoms with E-state index in [0.29, 0.717) is 5.75 Å². The summed E-state index contributed by atoms with van der Waals surface area (Å²) in [6.07, 6.45) is 0. The van der Waals surface area contributed by atoms with Crippen molar-refractivity contribution in [3.05, 3.63) is 27.8 Å². The second-order valence-corrected chi connectivity index (χ2v) is 4.96. The van der Waals surface area contributed by atoms with Gasteiger partial charge in [-0.15, -0.1) is 0 Å². The molecule has 0 spiro atoms. The normalized spacial score (nSPS) is 12.5. The highest BCUT2D eigenvalue weighted by Gasteiger charge is 1.96. The minimum absolute atomic E-state index is 0.630. The summed E-state index contributed by atoms with van der Waals surface area (Å²) in [7, 11) is -0.940. The van der Waals surface area contributed by atoms with Crippen molar-refractivity contribution in [3.63, 3.8) is 0 Å². The maximum Gasteiger partial charge on any atom is 0.116 e. The van der Waals surface area contributed by atoms with E-state index < -0.39 is 11.0 Å². The van der Waals surface area contributed by atoms with Crippen molar-refractivity contribution in [1.82, 2.24) is 0 Å². The lowest BCUT2D eigenvalue weighted by Crippen LogP contribution is -2.05. The highest BCUT2D eigenvalue weighted by Crippen LogP contribution is 2.12. The van der Waals surface area contributed by atoms with Crippen LogP contribution in [0, 0.1) is 3.57 Å². The average Bonchev–Trinajstić information content (AvgIpc) is 2.04. The lowest BCUT2D eigenvalue weighted by molar-refractivity contribution is 0.687. The monoisotopic (exact) mass is 295 g/mol. The molecule has 0 amide bonds. The molecule has 1 aromatic rings. The third-order valence-electron chi connectivity index (χ3n) is 1.32. The van der Waals surface area contributed by atoms with E-state index in [1.165, 1.54) is 0 Å². The van der Waals surface area contributed by atoms with Crippen molar-refractivity contribution in [1.29, 1.82) is 0 Å². The average molecular weight is 295 g/mol. The van der Waals surface area contributed by atoms with E-state index in [2.05, 4.69) is 27.3 Å². The summed E-state index contributed by atoms with van der Waals surface area (Å²) in [6, 6.07) is 7.82. The Kier molecular flexibility index (Phi) is 4.00. The fraction of sp³-hybridized carbons (Fsp3) is 0.250. The summed E-state index contributed by atoms with van der Waals surface area (Å²) in [5, 5.41) is 0. The number of anilines is 1. The number of rotatable bonds is 3. The van der Waals surface area contributed by atoms with E-state index in [1.807, 2.05) is 31.2 Å². The summed E-state index contributed by atoms with van der Waals surface area (Å²) in [4.78, 5) is 0. The van der Waals surface area contributed by atoms with Crippen molar-refractivity contribution < 1.29 is 4.21 Å². The van der Waals surface area contributed by atoms with Gasteiger partial charge in [0, 0.05) is 15.0 Å². The van der Waals surface area contributed by atoms with Crippen LogP contribution in [0.5, 0.6) is 0 Å². The van der Waals surface area contributed by atoms with Gasteiger partial charge in [0.25, 0.3) is 0 Å². The Labute approximate surface area is 88.5 Å². The molecule has 0 fully saturated rings. The van der Waals surface area contributed by atoms with Crippen molar-refractivity contribution in [2.75, 3.05) is 10.5 Å². The molecular weight excluding hydrogens is 285 g/mol. The van der Waals surface area contributed by atoms with Crippen molar-refractivity contribution in [2.45, 2.75) is 6.92 Å². The van der Waals surface area contributed by atoms with Gasteiger partial charge in [0.15, 0.2) is 0 Å². The second kappa shape index (κ2) is 4.81. The van der Waals surface area contributed by atoms with Gasteiger partial charge >= 0.3 is 0 Å². The van der Waals surface area contributed by atoms with Gasteiger partial charge < -0.3 is 4.72 Å². The number of hydrogen-bond acceptors (Lipinski definition) is 1. The molecule has 0 aliphatic carbocycles. The molecule has 1 unspecified atom stereocenters. The third kappa shape index (κ3) is 3.10. The molecule has 4 heteroatoms. The first kappa shape index (κ1) is 9.98. The highest BCUT2D eigenvalue weighted by molar-refractivity contribution is 14.1. The molecule has 0 bridgehead atoms. The molecule has 2 nitrogen and oxygen atoms in total. The third-order valence-corrected chi connectivity index (χ3v) is 2.98. The van der Waals surface area contributed by atoms with Crippen molar-refractivity contribution >= 4 is 39.3 Å². The summed E-state index contributed by atoms with van der Waals surface area (Å²) in [5.74, 6) is 0.630. The standard InChI is InChI=1S/C8H10INOS/c1-2-12(11)10-8-5-3-4-7(9)6-8/h3-6,10H,2H2,1H3. The predicted octanol–water partition coefficient (Wildman–Crippen LogP) is 2.39. The van der Waals surface area contributed by atoms with Crippen LogP contribution in [-0.2, 0) is 11.0 Å². The van der Waals surface area contributed by atoms with E-state index in [-0.39, 0.29) is 0 Å². The number of halogens is 1. The fourth-order valence-electron chi connectivity index (χ4n) is 0.756. The number of benzene rings is 1. The summed E-state index contributed by atoms with van der Waals surface area (Å²) < 4.78 is 15.1. The van der Waals surface area contributed by atoms with Gasteiger partial charge in [-0.2, -0.15) is 0 Å². The molecule has 66 valence electrons. The molecule has 1 N–H and O–H groups in total. The molecule has 1 rings (SSSR count). The predicted molar refractivity (Wildman–Crippen MR) is 61.5 cm³/mol. The van der Waals surface area contributed by atoms with E-state index >= 15 is 0 Å². The first-order valence-corrected chi connectivity index (χ1v) is 6.02. The maximum atomic E-state index is 11.1. The Morgan fingerprint density at radius 1 is 1.58 bits per heavy atom. The van der Waals surface area contributed by atoms with Crippen LogP contribution in [-0.4, -0.2) is 9.96 Å². The topological polar surface area (TPSA) is 29.1 Å². The van der Waals surface area contributed by atoms with Crippen LogP contribution in [0.2, 0.25) is 0 Å². The van der Waals surface area contributed by atoms with E-state index in [0.717, 1.165) is 9.26 Å². The molecule has 1 aromatic carbocycles. The first-order chi connectivity index (χ1) is 5.72. The van der Waals surface area contributed by atoms with Crippen LogP contribution in [0.15, 0.2) is 24.3 Å². The molecule has 12 heavy (non-hydrogen) atoms. The zero-order valence-electron chi connectivity index (χ0n) is 6.71. The molecule has 0 aliphatic heterocycles. The lowest BCUT2D eigenvalue weighted by atomic mass is 10.3. The largest absolute Gasteiger partial charge is 0.305 e. The summed E-state index contributed by atoms with van der Waals surface area (Å²) >= 11 is 2.23.